The van der Waals surface area contributed by atoms with Crippen molar-refractivity contribution in [2.45, 2.75) is 39.8 Å². The fourth-order valence-electron chi connectivity index (χ4n) is 2.68. The maximum Gasteiger partial charge on any atom is 0.317 e. The second kappa shape index (κ2) is 8.77. The van der Waals surface area contributed by atoms with Crippen molar-refractivity contribution in [2.24, 2.45) is 0 Å². The molecule has 1 unspecified atom stereocenters. The first-order chi connectivity index (χ1) is 11.1. The molecule has 0 saturated carbocycles. The molecule has 0 aliphatic carbocycles. The summed E-state index contributed by atoms with van der Waals surface area (Å²) in [5.41, 5.74) is 1.21. The summed E-state index contributed by atoms with van der Waals surface area (Å²) < 4.78 is 5.69. The zero-order chi connectivity index (χ0) is 16.7. The molecule has 1 aliphatic rings. The van der Waals surface area contributed by atoms with Crippen LogP contribution < -0.4 is 10.1 Å². The highest BCUT2D eigenvalue weighted by Gasteiger charge is 2.22. The van der Waals surface area contributed by atoms with E-state index in [4.69, 9.17) is 4.74 Å². The van der Waals surface area contributed by atoms with E-state index in [1.54, 1.807) is 0 Å². The first kappa shape index (κ1) is 17.6. The molecule has 0 spiro atoms. The average molecular weight is 319 g/mol. The van der Waals surface area contributed by atoms with Crippen LogP contribution in [0.2, 0.25) is 0 Å². The van der Waals surface area contributed by atoms with Crippen LogP contribution in [0.3, 0.4) is 0 Å². The Labute approximate surface area is 139 Å². The molecule has 0 aromatic heterocycles. The molecule has 1 saturated heterocycles. The van der Waals surface area contributed by atoms with Gasteiger partial charge < -0.3 is 15.0 Å². The van der Waals surface area contributed by atoms with Crippen molar-refractivity contribution in [3.8, 4) is 5.75 Å². The SMILES string of the molecule is CCOc1ccccc1CN1CCN(C(=O)NC(C)CC)CC1. The zero-order valence-corrected chi connectivity index (χ0v) is 14.5. The molecule has 1 aromatic carbocycles. The molecule has 0 bridgehead atoms. The molecule has 0 radical (unpaired) electrons. The number of rotatable bonds is 6. The Hall–Kier alpha value is -1.75. The number of hydrogen-bond acceptors (Lipinski definition) is 3. The van der Waals surface area contributed by atoms with Crippen LogP contribution in [0.15, 0.2) is 24.3 Å². The second-order valence-corrected chi connectivity index (χ2v) is 6.06. The van der Waals surface area contributed by atoms with Crippen LogP contribution in [0.5, 0.6) is 5.75 Å². The third-order valence-electron chi connectivity index (χ3n) is 4.31. The van der Waals surface area contributed by atoms with E-state index in [1.807, 2.05) is 36.9 Å². The summed E-state index contributed by atoms with van der Waals surface area (Å²) in [5.74, 6) is 0.965. The van der Waals surface area contributed by atoms with Crippen LogP contribution in [0, 0.1) is 0 Å². The highest BCUT2D eigenvalue weighted by atomic mass is 16.5. The Balaban J connectivity index is 1.84. The van der Waals surface area contributed by atoms with Gasteiger partial charge in [0.1, 0.15) is 5.75 Å². The second-order valence-electron chi connectivity index (χ2n) is 6.06. The summed E-state index contributed by atoms with van der Waals surface area (Å²) in [6, 6.07) is 8.49. The standard InChI is InChI=1S/C18H29N3O2/c1-4-15(3)19-18(22)21-12-10-20(11-13-21)14-16-8-6-7-9-17(16)23-5-2/h6-9,15H,4-5,10-14H2,1-3H3,(H,19,22). The molecule has 1 N–H and O–H groups in total. The van der Waals surface area contributed by atoms with Gasteiger partial charge in [-0.05, 0) is 26.3 Å². The summed E-state index contributed by atoms with van der Waals surface area (Å²) in [6.07, 6.45) is 0.958. The molecule has 1 atom stereocenters. The van der Waals surface area contributed by atoms with Crippen LogP contribution in [0.1, 0.15) is 32.8 Å². The largest absolute Gasteiger partial charge is 0.494 e. The maximum atomic E-state index is 12.1. The predicted octanol–water partition coefficient (Wildman–Crippen LogP) is 2.71. The minimum atomic E-state index is 0.0636. The number of carbonyl (C=O) groups excluding carboxylic acids is 1. The molecule has 2 rings (SSSR count). The number of nitrogens with zero attached hydrogens (tertiary/aromatic N) is 2. The Morgan fingerprint density at radius 3 is 2.57 bits per heavy atom. The molecular weight excluding hydrogens is 290 g/mol. The topological polar surface area (TPSA) is 44.8 Å². The summed E-state index contributed by atoms with van der Waals surface area (Å²) in [7, 11) is 0. The van der Waals surface area contributed by atoms with Crippen molar-refractivity contribution in [3.05, 3.63) is 29.8 Å². The van der Waals surface area contributed by atoms with Crippen LogP contribution >= 0.6 is 0 Å². The number of nitrogens with one attached hydrogen (secondary N) is 1. The lowest BCUT2D eigenvalue weighted by Gasteiger charge is -2.35. The van der Waals surface area contributed by atoms with Crippen molar-refractivity contribution >= 4 is 6.03 Å². The number of hydrogen-bond donors (Lipinski definition) is 1. The Kier molecular flexibility index (Phi) is 6.71. The average Bonchev–Trinajstić information content (AvgIpc) is 2.57. The minimum absolute atomic E-state index is 0.0636. The van der Waals surface area contributed by atoms with Gasteiger partial charge in [-0.15, -0.1) is 0 Å². The molecule has 1 aliphatic heterocycles. The lowest BCUT2D eigenvalue weighted by molar-refractivity contribution is 0.132. The van der Waals surface area contributed by atoms with Crippen molar-refractivity contribution in [2.75, 3.05) is 32.8 Å². The van der Waals surface area contributed by atoms with E-state index in [9.17, 15) is 4.79 Å². The minimum Gasteiger partial charge on any atom is -0.494 e. The fraction of sp³-hybridized carbons (Fsp3) is 0.611. The molecule has 23 heavy (non-hydrogen) atoms. The molecule has 5 nitrogen and oxygen atoms in total. The van der Waals surface area contributed by atoms with E-state index in [0.29, 0.717) is 6.61 Å². The van der Waals surface area contributed by atoms with Crippen LogP contribution in [-0.2, 0) is 6.54 Å². The number of para-hydroxylation sites is 1. The van der Waals surface area contributed by atoms with Crippen molar-refractivity contribution in [3.63, 3.8) is 0 Å². The molecule has 1 aromatic rings. The number of urea groups is 1. The van der Waals surface area contributed by atoms with E-state index >= 15 is 0 Å². The predicted molar refractivity (Wildman–Crippen MR) is 92.7 cm³/mol. The number of carbonyl (C=O) groups is 1. The quantitative estimate of drug-likeness (QED) is 0.877. The fourth-order valence-corrected chi connectivity index (χ4v) is 2.68. The summed E-state index contributed by atoms with van der Waals surface area (Å²) in [6.45, 7) is 11.0. The van der Waals surface area contributed by atoms with Gasteiger partial charge in [0.05, 0.1) is 6.61 Å². The molecule has 2 amide bonds. The summed E-state index contributed by atoms with van der Waals surface area (Å²) in [5, 5.41) is 3.04. The first-order valence-corrected chi connectivity index (χ1v) is 8.62. The Morgan fingerprint density at radius 2 is 1.91 bits per heavy atom. The van der Waals surface area contributed by atoms with Gasteiger partial charge in [0, 0.05) is 44.3 Å². The first-order valence-electron chi connectivity index (χ1n) is 8.62. The molecule has 1 heterocycles. The highest BCUT2D eigenvalue weighted by Crippen LogP contribution is 2.20. The van der Waals surface area contributed by atoms with E-state index in [0.717, 1.165) is 44.9 Å². The van der Waals surface area contributed by atoms with Gasteiger partial charge in [-0.25, -0.2) is 4.79 Å². The number of piperazine rings is 1. The van der Waals surface area contributed by atoms with Crippen LogP contribution in [0.4, 0.5) is 4.79 Å². The van der Waals surface area contributed by atoms with Crippen molar-refractivity contribution in [1.29, 1.82) is 0 Å². The van der Waals surface area contributed by atoms with Crippen LogP contribution in [-0.4, -0.2) is 54.7 Å². The molecule has 1 fully saturated rings. The Bertz CT molecular complexity index is 499. The molecular formula is C18H29N3O2. The lowest BCUT2D eigenvalue weighted by Crippen LogP contribution is -2.52. The monoisotopic (exact) mass is 319 g/mol. The van der Waals surface area contributed by atoms with E-state index in [-0.39, 0.29) is 12.1 Å². The van der Waals surface area contributed by atoms with Gasteiger partial charge >= 0.3 is 6.03 Å². The third kappa shape index (κ3) is 5.13. The number of benzene rings is 1. The van der Waals surface area contributed by atoms with Gasteiger partial charge in [-0.3, -0.25) is 4.90 Å². The van der Waals surface area contributed by atoms with Gasteiger partial charge in [-0.2, -0.15) is 0 Å². The van der Waals surface area contributed by atoms with Crippen molar-refractivity contribution < 1.29 is 9.53 Å². The van der Waals surface area contributed by atoms with E-state index < -0.39 is 0 Å². The summed E-state index contributed by atoms with van der Waals surface area (Å²) in [4.78, 5) is 16.4. The lowest BCUT2D eigenvalue weighted by atomic mass is 10.1. The van der Waals surface area contributed by atoms with Gasteiger partial charge in [-0.1, -0.05) is 25.1 Å². The molecule has 5 heteroatoms. The van der Waals surface area contributed by atoms with Crippen LogP contribution in [0.25, 0.3) is 0 Å². The van der Waals surface area contributed by atoms with Gasteiger partial charge in [0.15, 0.2) is 0 Å². The Morgan fingerprint density at radius 1 is 1.22 bits per heavy atom. The summed E-state index contributed by atoms with van der Waals surface area (Å²) >= 11 is 0. The zero-order valence-electron chi connectivity index (χ0n) is 14.5. The number of amides is 2. The highest BCUT2D eigenvalue weighted by molar-refractivity contribution is 5.74. The van der Waals surface area contributed by atoms with E-state index in [2.05, 4.69) is 23.2 Å². The normalized spacial score (nSPS) is 16.9. The smallest absolute Gasteiger partial charge is 0.317 e. The number of ether oxygens (including phenoxy) is 1. The maximum absolute atomic E-state index is 12.1. The van der Waals surface area contributed by atoms with Crippen molar-refractivity contribution in [1.82, 2.24) is 15.1 Å². The third-order valence-corrected chi connectivity index (χ3v) is 4.31. The van der Waals surface area contributed by atoms with Gasteiger partial charge in [0.25, 0.3) is 0 Å². The molecule has 128 valence electrons. The van der Waals surface area contributed by atoms with Gasteiger partial charge in [0.2, 0.25) is 0 Å². The van der Waals surface area contributed by atoms with E-state index in [1.165, 1.54) is 5.56 Å².